The summed E-state index contributed by atoms with van der Waals surface area (Å²) >= 11 is 2.10. The highest BCUT2D eigenvalue weighted by molar-refractivity contribution is 8.00. The Kier molecular flexibility index (Phi) is 4.93. The van der Waals surface area contributed by atoms with Gasteiger partial charge < -0.3 is 5.73 Å². The van der Waals surface area contributed by atoms with Crippen LogP contribution in [0.3, 0.4) is 0 Å². The average Bonchev–Trinajstić information content (AvgIpc) is 2.38. The van der Waals surface area contributed by atoms with Crippen LogP contribution in [0.4, 0.5) is 0 Å². The van der Waals surface area contributed by atoms with E-state index in [0.717, 1.165) is 11.8 Å². The fraction of sp³-hybridized carbons (Fsp3) is 0.600. The van der Waals surface area contributed by atoms with Gasteiger partial charge in [-0.1, -0.05) is 49.1 Å². The van der Waals surface area contributed by atoms with Crippen molar-refractivity contribution in [3.05, 3.63) is 35.4 Å². The van der Waals surface area contributed by atoms with E-state index in [1.54, 1.807) is 0 Å². The van der Waals surface area contributed by atoms with Crippen LogP contribution in [-0.2, 0) is 0 Å². The lowest BCUT2D eigenvalue weighted by molar-refractivity contribution is 0.515. The maximum absolute atomic E-state index is 5.94. The van der Waals surface area contributed by atoms with Crippen LogP contribution < -0.4 is 5.73 Å². The molecule has 1 aromatic carbocycles. The first kappa shape index (κ1) is 13.0. The Morgan fingerprint density at radius 3 is 2.41 bits per heavy atom. The molecule has 2 N–H and O–H groups in total. The van der Waals surface area contributed by atoms with Crippen molar-refractivity contribution in [2.24, 2.45) is 5.73 Å². The van der Waals surface area contributed by atoms with Gasteiger partial charge in [0.25, 0.3) is 0 Å². The van der Waals surface area contributed by atoms with Crippen LogP contribution in [0, 0.1) is 6.92 Å². The normalized spacial score (nSPS) is 19.2. The number of nitrogens with two attached hydrogens (primary N) is 1. The molecule has 17 heavy (non-hydrogen) atoms. The largest absolute Gasteiger partial charge is 0.329 e. The lowest BCUT2D eigenvalue weighted by atomic mass is 10.0. The predicted molar refractivity (Wildman–Crippen MR) is 77.4 cm³/mol. The third-order valence-electron chi connectivity index (χ3n) is 3.57. The highest BCUT2D eigenvalue weighted by Gasteiger charge is 2.19. The minimum Gasteiger partial charge on any atom is -0.329 e. The highest BCUT2D eigenvalue weighted by atomic mass is 32.2. The lowest BCUT2D eigenvalue weighted by Crippen LogP contribution is -2.16. The zero-order valence-corrected chi connectivity index (χ0v) is 11.5. The van der Waals surface area contributed by atoms with Crippen LogP contribution in [0.2, 0.25) is 0 Å². The van der Waals surface area contributed by atoms with Crippen molar-refractivity contribution in [3.63, 3.8) is 0 Å². The Balaban J connectivity index is 1.97. The first-order chi connectivity index (χ1) is 8.29. The Morgan fingerprint density at radius 2 is 1.82 bits per heavy atom. The minimum atomic E-state index is 0.485. The van der Waals surface area contributed by atoms with E-state index in [-0.39, 0.29) is 0 Å². The lowest BCUT2D eigenvalue weighted by Gasteiger charge is -2.25. The van der Waals surface area contributed by atoms with E-state index in [0.29, 0.717) is 5.25 Å². The van der Waals surface area contributed by atoms with Gasteiger partial charge in [-0.2, -0.15) is 0 Å². The number of rotatable bonds is 4. The molecule has 1 aromatic rings. The van der Waals surface area contributed by atoms with E-state index < -0.39 is 0 Å². The Labute approximate surface area is 109 Å². The summed E-state index contributed by atoms with van der Waals surface area (Å²) in [6, 6.07) is 8.87. The molecule has 0 bridgehead atoms. The molecule has 1 aliphatic rings. The summed E-state index contributed by atoms with van der Waals surface area (Å²) in [6.45, 7) is 2.89. The number of aryl methyl sites for hydroxylation is 1. The molecule has 1 unspecified atom stereocenters. The summed E-state index contributed by atoms with van der Waals surface area (Å²) in [6.07, 6.45) is 7.00. The third-order valence-corrected chi connectivity index (χ3v) is 5.22. The molecule has 0 saturated heterocycles. The molecule has 1 fully saturated rings. The van der Waals surface area contributed by atoms with E-state index >= 15 is 0 Å². The van der Waals surface area contributed by atoms with E-state index in [9.17, 15) is 0 Å². The molecule has 0 amide bonds. The molecule has 2 heteroatoms. The highest BCUT2D eigenvalue weighted by Crippen LogP contribution is 2.37. The van der Waals surface area contributed by atoms with Crippen molar-refractivity contribution >= 4 is 11.8 Å². The second-order valence-electron chi connectivity index (χ2n) is 5.03. The molecule has 1 atom stereocenters. The van der Waals surface area contributed by atoms with Crippen molar-refractivity contribution < 1.29 is 0 Å². The second kappa shape index (κ2) is 6.46. The van der Waals surface area contributed by atoms with Crippen LogP contribution in [0.1, 0.15) is 48.5 Å². The van der Waals surface area contributed by atoms with Gasteiger partial charge in [0.2, 0.25) is 0 Å². The number of hydrogen-bond donors (Lipinski definition) is 1. The van der Waals surface area contributed by atoms with Gasteiger partial charge in [-0.25, -0.2) is 0 Å². The molecule has 0 spiro atoms. The summed E-state index contributed by atoms with van der Waals surface area (Å²) in [7, 11) is 0. The van der Waals surface area contributed by atoms with Gasteiger partial charge in [-0.05, 0) is 25.3 Å². The molecule has 94 valence electrons. The Hall–Kier alpha value is -0.470. The van der Waals surface area contributed by atoms with Crippen LogP contribution in [0.25, 0.3) is 0 Å². The predicted octanol–water partition coefficient (Wildman–Crippen LogP) is 4.06. The van der Waals surface area contributed by atoms with Crippen LogP contribution >= 0.6 is 11.8 Å². The van der Waals surface area contributed by atoms with Crippen molar-refractivity contribution in [2.45, 2.75) is 49.5 Å². The quantitative estimate of drug-likeness (QED) is 0.871. The van der Waals surface area contributed by atoms with E-state index in [1.807, 2.05) is 0 Å². The second-order valence-corrected chi connectivity index (χ2v) is 6.54. The summed E-state index contributed by atoms with van der Waals surface area (Å²) in [4.78, 5) is 0. The molecule has 2 rings (SSSR count). The van der Waals surface area contributed by atoms with Crippen molar-refractivity contribution in [2.75, 3.05) is 6.54 Å². The molecular weight excluding hydrogens is 226 g/mol. The Morgan fingerprint density at radius 1 is 1.18 bits per heavy atom. The summed E-state index contributed by atoms with van der Waals surface area (Å²) < 4.78 is 0. The van der Waals surface area contributed by atoms with E-state index in [4.69, 9.17) is 5.73 Å². The molecule has 1 aliphatic carbocycles. The maximum atomic E-state index is 5.94. The van der Waals surface area contributed by atoms with Crippen LogP contribution in [0.5, 0.6) is 0 Å². The fourth-order valence-electron chi connectivity index (χ4n) is 2.48. The van der Waals surface area contributed by atoms with E-state index in [1.165, 1.54) is 43.2 Å². The van der Waals surface area contributed by atoms with Gasteiger partial charge in [-0.3, -0.25) is 0 Å². The number of benzene rings is 1. The Bertz CT molecular complexity index is 327. The minimum absolute atomic E-state index is 0.485. The van der Waals surface area contributed by atoms with Crippen molar-refractivity contribution in [1.82, 2.24) is 0 Å². The number of hydrogen-bond acceptors (Lipinski definition) is 2. The first-order valence-corrected chi connectivity index (χ1v) is 7.66. The van der Waals surface area contributed by atoms with Crippen LogP contribution in [-0.4, -0.2) is 11.8 Å². The van der Waals surface area contributed by atoms with Crippen molar-refractivity contribution in [3.8, 4) is 0 Å². The van der Waals surface area contributed by atoms with Gasteiger partial charge in [0.1, 0.15) is 0 Å². The summed E-state index contributed by atoms with van der Waals surface area (Å²) in [5.41, 5.74) is 8.66. The zero-order valence-electron chi connectivity index (χ0n) is 10.7. The molecule has 1 saturated carbocycles. The molecule has 0 aliphatic heterocycles. The van der Waals surface area contributed by atoms with Crippen molar-refractivity contribution in [1.29, 1.82) is 0 Å². The van der Waals surface area contributed by atoms with Gasteiger partial charge >= 0.3 is 0 Å². The zero-order chi connectivity index (χ0) is 12.1. The molecule has 0 aromatic heterocycles. The third kappa shape index (κ3) is 3.75. The van der Waals surface area contributed by atoms with Gasteiger partial charge in [0.05, 0.1) is 0 Å². The standard InChI is InChI=1S/C15H23NS/c1-12-7-9-13(10-8-12)15(11-16)17-14-5-3-2-4-6-14/h7-10,14-15H,2-6,11,16H2,1H3. The molecule has 0 radical (unpaired) electrons. The van der Waals surface area contributed by atoms with Gasteiger partial charge in [0, 0.05) is 17.0 Å². The van der Waals surface area contributed by atoms with Gasteiger partial charge in [0.15, 0.2) is 0 Å². The summed E-state index contributed by atoms with van der Waals surface area (Å²) in [5, 5.41) is 1.32. The van der Waals surface area contributed by atoms with Crippen LogP contribution in [0.15, 0.2) is 24.3 Å². The van der Waals surface area contributed by atoms with E-state index in [2.05, 4.69) is 43.0 Å². The average molecular weight is 249 g/mol. The summed E-state index contributed by atoms with van der Waals surface area (Å²) in [5.74, 6) is 0. The fourth-order valence-corrected chi connectivity index (χ4v) is 3.98. The SMILES string of the molecule is Cc1ccc(C(CN)SC2CCCCC2)cc1. The van der Waals surface area contributed by atoms with Gasteiger partial charge in [-0.15, -0.1) is 11.8 Å². The maximum Gasteiger partial charge on any atom is 0.0422 e. The first-order valence-electron chi connectivity index (χ1n) is 6.71. The molecule has 0 heterocycles. The molecular formula is C15H23NS. The number of thioether (sulfide) groups is 1. The monoisotopic (exact) mass is 249 g/mol. The topological polar surface area (TPSA) is 26.0 Å². The smallest absolute Gasteiger partial charge is 0.0422 e. The molecule has 1 nitrogen and oxygen atoms in total.